The van der Waals surface area contributed by atoms with Crippen molar-refractivity contribution in [3.63, 3.8) is 0 Å². The van der Waals surface area contributed by atoms with E-state index in [1.807, 2.05) is 6.26 Å². The van der Waals surface area contributed by atoms with Crippen LogP contribution in [0.15, 0.2) is 12.4 Å². The minimum absolute atomic E-state index is 0.363. The van der Waals surface area contributed by atoms with Gasteiger partial charge in [0.25, 0.3) is 0 Å². The molecule has 0 fully saturated rings. The van der Waals surface area contributed by atoms with Crippen molar-refractivity contribution in [3.05, 3.63) is 18.0 Å². The summed E-state index contributed by atoms with van der Waals surface area (Å²) in [5.74, 6) is -0.915. The molecule has 0 spiro atoms. The molecular formula is C11H18N4O3S. The summed E-state index contributed by atoms with van der Waals surface area (Å²) in [6.45, 7) is 0. The van der Waals surface area contributed by atoms with E-state index in [0.717, 1.165) is 0 Å². The fourth-order valence-electron chi connectivity index (χ4n) is 1.51. The quantitative estimate of drug-likeness (QED) is 0.637. The van der Waals surface area contributed by atoms with Gasteiger partial charge in [-0.1, -0.05) is 0 Å². The second-order valence-corrected chi connectivity index (χ2v) is 5.09. The molecule has 1 aromatic heterocycles. The number of hydrogen-bond acceptors (Lipinski definition) is 5. The van der Waals surface area contributed by atoms with Gasteiger partial charge in [-0.2, -0.15) is 16.9 Å². The number of aliphatic carboxylic acids is 1. The molecule has 7 nitrogen and oxygen atoms in total. The zero-order valence-electron chi connectivity index (χ0n) is 10.9. The highest BCUT2D eigenvalue weighted by molar-refractivity contribution is 7.98. The number of carbonyl (C=O) groups is 2. The van der Waals surface area contributed by atoms with Crippen LogP contribution >= 0.6 is 11.8 Å². The van der Waals surface area contributed by atoms with E-state index in [1.54, 1.807) is 13.2 Å². The number of rotatable bonds is 7. The fourth-order valence-corrected chi connectivity index (χ4v) is 1.98. The Bertz CT molecular complexity index is 449. The van der Waals surface area contributed by atoms with Crippen molar-refractivity contribution in [1.29, 1.82) is 0 Å². The number of nitrogens with two attached hydrogens (primary N) is 1. The van der Waals surface area contributed by atoms with Crippen LogP contribution in [0, 0.1) is 0 Å². The van der Waals surface area contributed by atoms with Crippen molar-refractivity contribution in [2.24, 2.45) is 12.8 Å². The summed E-state index contributed by atoms with van der Waals surface area (Å²) in [7, 11) is 1.71. The maximum absolute atomic E-state index is 11.9. The first-order chi connectivity index (χ1) is 8.95. The molecule has 1 rings (SSSR count). The van der Waals surface area contributed by atoms with Crippen LogP contribution in [0.3, 0.4) is 0 Å². The van der Waals surface area contributed by atoms with E-state index in [4.69, 9.17) is 10.8 Å². The molecule has 19 heavy (non-hydrogen) atoms. The molecule has 8 heteroatoms. The zero-order chi connectivity index (χ0) is 14.4. The van der Waals surface area contributed by atoms with E-state index in [9.17, 15) is 9.59 Å². The summed E-state index contributed by atoms with van der Waals surface area (Å²) in [4.78, 5) is 22.9. The average molecular weight is 286 g/mol. The molecule has 1 heterocycles. The largest absolute Gasteiger partial charge is 0.480 e. The number of aromatic nitrogens is 2. The van der Waals surface area contributed by atoms with E-state index in [-0.39, 0.29) is 0 Å². The Morgan fingerprint density at radius 2 is 2.32 bits per heavy atom. The van der Waals surface area contributed by atoms with Crippen molar-refractivity contribution in [3.8, 4) is 0 Å². The van der Waals surface area contributed by atoms with Gasteiger partial charge in [-0.3, -0.25) is 9.48 Å². The van der Waals surface area contributed by atoms with Gasteiger partial charge < -0.3 is 16.2 Å². The molecule has 1 amide bonds. The van der Waals surface area contributed by atoms with Gasteiger partial charge in [0.2, 0.25) is 5.91 Å². The molecule has 1 unspecified atom stereocenters. The lowest BCUT2D eigenvalue weighted by atomic mass is 10.1. The SMILES string of the molecule is CSCC[C@H](NC(=O)C(N)c1cnn(C)c1)C(=O)O. The summed E-state index contributed by atoms with van der Waals surface area (Å²) in [5.41, 5.74) is 6.32. The van der Waals surface area contributed by atoms with Gasteiger partial charge in [-0.05, 0) is 18.4 Å². The standard InChI is InChI=1S/C11H18N4O3S/c1-15-6-7(5-13-15)9(12)10(16)14-8(11(17)18)3-4-19-2/h5-6,8-9H,3-4,12H2,1-2H3,(H,14,16)(H,17,18)/t8-,9?/m0/s1. The van der Waals surface area contributed by atoms with Crippen molar-refractivity contribution >= 4 is 23.6 Å². The fraction of sp³-hybridized carbons (Fsp3) is 0.545. The van der Waals surface area contributed by atoms with E-state index in [1.165, 1.54) is 22.6 Å². The third-order valence-corrected chi connectivity index (χ3v) is 3.24. The lowest BCUT2D eigenvalue weighted by Gasteiger charge is -2.16. The van der Waals surface area contributed by atoms with Crippen LogP contribution in [-0.4, -0.2) is 44.8 Å². The number of carboxylic acids is 1. The summed E-state index contributed by atoms with van der Waals surface area (Å²) in [6, 6.07) is -1.83. The third kappa shape index (κ3) is 4.56. The Hall–Kier alpha value is -1.54. The normalized spacial score (nSPS) is 13.8. The number of aryl methyl sites for hydroxylation is 1. The molecule has 2 atom stereocenters. The number of carbonyl (C=O) groups excluding carboxylic acids is 1. The van der Waals surface area contributed by atoms with Crippen molar-refractivity contribution < 1.29 is 14.7 Å². The van der Waals surface area contributed by atoms with Crippen LogP contribution in [-0.2, 0) is 16.6 Å². The molecule has 0 aliphatic rings. The summed E-state index contributed by atoms with van der Waals surface area (Å²) in [6.07, 6.45) is 5.36. The van der Waals surface area contributed by atoms with Gasteiger partial charge in [-0.15, -0.1) is 0 Å². The minimum atomic E-state index is -1.05. The summed E-state index contributed by atoms with van der Waals surface area (Å²) < 4.78 is 1.53. The van der Waals surface area contributed by atoms with E-state index < -0.39 is 24.0 Å². The number of nitrogens with zero attached hydrogens (tertiary/aromatic N) is 2. The first kappa shape index (κ1) is 15.5. The topological polar surface area (TPSA) is 110 Å². The Kier molecular flexibility index (Phi) is 5.84. The van der Waals surface area contributed by atoms with E-state index >= 15 is 0 Å². The van der Waals surface area contributed by atoms with Crippen molar-refractivity contribution in [1.82, 2.24) is 15.1 Å². The Morgan fingerprint density at radius 3 is 2.79 bits per heavy atom. The van der Waals surface area contributed by atoms with Crippen LogP contribution in [0.5, 0.6) is 0 Å². The molecule has 0 saturated heterocycles. The number of thioether (sulfide) groups is 1. The van der Waals surface area contributed by atoms with Crippen LogP contribution in [0.4, 0.5) is 0 Å². The van der Waals surface area contributed by atoms with Gasteiger partial charge in [0.15, 0.2) is 0 Å². The van der Waals surface area contributed by atoms with Crippen LogP contribution in [0.2, 0.25) is 0 Å². The highest BCUT2D eigenvalue weighted by Crippen LogP contribution is 2.09. The van der Waals surface area contributed by atoms with Gasteiger partial charge >= 0.3 is 5.97 Å². The number of nitrogens with one attached hydrogen (secondary N) is 1. The first-order valence-corrected chi connectivity index (χ1v) is 7.11. The number of carboxylic acid groups (broad SMARTS) is 1. The predicted octanol–water partition coefficient (Wildman–Crippen LogP) is -0.258. The average Bonchev–Trinajstić information content (AvgIpc) is 2.79. The maximum Gasteiger partial charge on any atom is 0.326 e. The van der Waals surface area contributed by atoms with E-state index in [0.29, 0.717) is 17.7 Å². The molecule has 0 saturated carbocycles. The highest BCUT2D eigenvalue weighted by atomic mass is 32.2. The second kappa shape index (κ2) is 7.15. The molecule has 1 aromatic rings. The Labute approximate surface area is 115 Å². The highest BCUT2D eigenvalue weighted by Gasteiger charge is 2.24. The monoisotopic (exact) mass is 286 g/mol. The maximum atomic E-state index is 11.9. The summed E-state index contributed by atoms with van der Waals surface area (Å²) in [5, 5.41) is 15.4. The first-order valence-electron chi connectivity index (χ1n) is 5.72. The van der Waals surface area contributed by atoms with Gasteiger partial charge in [0.05, 0.1) is 6.20 Å². The minimum Gasteiger partial charge on any atom is -0.480 e. The van der Waals surface area contributed by atoms with Gasteiger partial charge in [-0.25, -0.2) is 4.79 Å². The molecule has 0 aromatic carbocycles. The van der Waals surface area contributed by atoms with Crippen LogP contribution in [0.25, 0.3) is 0 Å². The Morgan fingerprint density at radius 1 is 1.63 bits per heavy atom. The predicted molar refractivity (Wildman–Crippen MR) is 72.7 cm³/mol. The Balaban J connectivity index is 2.63. The zero-order valence-corrected chi connectivity index (χ0v) is 11.7. The molecule has 0 aliphatic carbocycles. The second-order valence-electron chi connectivity index (χ2n) is 4.11. The molecule has 0 aliphatic heterocycles. The molecule has 106 valence electrons. The summed E-state index contributed by atoms with van der Waals surface area (Å²) >= 11 is 1.52. The van der Waals surface area contributed by atoms with Crippen molar-refractivity contribution in [2.45, 2.75) is 18.5 Å². The number of amides is 1. The van der Waals surface area contributed by atoms with Gasteiger partial charge in [0.1, 0.15) is 12.1 Å². The van der Waals surface area contributed by atoms with E-state index in [2.05, 4.69) is 10.4 Å². The third-order valence-electron chi connectivity index (χ3n) is 2.59. The van der Waals surface area contributed by atoms with Crippen LogP contribution in [0.1, 0.15) is 18.0 Å². The van der Waals surface area contributed by atoms with Crippen molar-refractivity contribution in [2.75, 3.05) is 12.0 Å². The molecule has 0 radical (unpaired) electrons. The van der Waals surface area contributed by atoms with Gasteiger partial charge in [0, 0.05) is 18.8 Å². The number of hydrogen-bond donors (Lipinski definition) is 3. The molecule has 4 N–H and O–H groups in total. The van der Waals surface area contributed by atoms with Crippen LogP contribution < -0.4 is 11.1 Å². The lowest BCUT2D eigenvalue weighted by molar-refractivity contribution is -0.142. The molecular weight excluding hydrogens is 268 g/mol. The smallest absolute Gasteiger partial charge is 0.326 e. The molecule has 0 bridgehead atoms. The lowest BCUT2D eigenvalue weighted by Crippen LogP contribution is -2.45.